The summed E-state index contributed by atoms with van der Waals surface area (Å²) < 4.78 is 1.55. The second kappa shape index (κ2) is 10.2. The van der Waals surface area contributed by atoms with Crippen LogP contribution in [0.25, 0.3) is 16.6 Å². The summed E-state index contributed by atoms with van der Waals surface area (Å²) >= 11 is 1.14. The normalized spacial score (nSPS) is 14.2. The van der Waals surface area contributed by atoms with Crippen LogP contribution in [-0.4, -0.2) is 33.3 Å². The number of urea groups is 1. The molecule has 0 radical (unpaired) electrons. The molecule has 0 atom stereocenters. The lowest BCUT2D eigenvalue weighted by molar-refractivity contribution is -0.117. The summed E-state index contributed by atoms with van der Waals surface area (Å²) in [7, 11) is 0. The highest BCUT2D eigenvalue weighted by Gasteiger charge is 2.19. The first-order chi connectivity index (χ1) is 15.9. The molecular weight excluding hydrogens is 436 g/mol. The van der Waals surface area contributed by atoms with Crippen molar-refractivity contribution in [2.45, 2.75) is 57.1 Å². The van der Waals surface area contributed by atoms with Crippen LogP contribution in [0.5, 0.6) is 0 Å². The van der Waals surface area contributed by atoms with Crippen molar-refractivity contribution in [3.8, 4) is 5.69 Å². The Morgan fingerprint density at radius 2 is 1.85 bits per heavy atom. The molecule has 1 heterocycles. The first kappa shape index (κ1) is 23.0. The topological polar surface area (TPSA) is 93.1 Å². The number of carbonyl (C=O) groups is 2. The Morgan fingerprint density at radius 1 is 1.09 bits per heavy atom. The third-order valence-corrected chi connectivity index (χ3v) is 6.80. The van der Waals surface area contributed by atoms with E-state index in [0.717, 1.165) is 54.3 Å². The van der Waals surface area contributed by atoms with Gasteiger partial charge in [0.05, 0.1) is 22.3 Å². The first-order valence-corrected chi connectivity index (χ1v) is 12.2. The van der Waals surface area contributed by atoms with Gasteiger partial charge in [-0.1, -0.05) is 60.9 Å². The summed E-state index contributed by atoms with van der Waals surface area (Å²) in [6, 6.07) is 12.7. The molecule has 0 saturated heterocycles. The van der Waals surface area contributed by atoms with E-state index in [2.05, 4.69) is 15.6 Å². The van der Waals surface area contributed by atoms with Gasteiger partial charge in [-0.15, -0.1) is 0 Å². The van der Waals surface area contributed by atoms with E-state index < -0.39 is 11.9 Å². The molecule has 7 nitrogen and oxygen atoms in total. The maximum absolute atomic E-state index is 13.4. The molecule has 1 aromatic heterocycles. The molecule has 4 rings (SSSR count). The van der Waals surface area contributed by atoms with Crippen molar-refractivity contribution in [1.82, 2.24) is 20.2 Å². The second-order valence-corrected chi connectivity index (χ2v) is 9.43. The van der Waals surface area contributed by atoms with Crippen LogP contribution in [0.4, 0.5) is 4.79 Å². The molecule has 1 aliphatic carbocycles. The fraction of sp³-hybridized carbons (Fsp3) is 0.360. The van der Waals surface area contributed by atoms with E-state index in [1.54, 1.807) is 16.7 Å². The Bertz CT molecular complexity index is 1250. The van der Waals surface area contributed by atoms with Gasteiger partial charge in [-0.2, -0.15) is 0 Å². The SMILES string of the molecule is Cc1ccc(-n2c(SCC(=O)NC(=O)NC3CCCCC3)nc3ccccc3c2=O)c(C)c1. The van der Waals surface area contributed by atoms with Gasteiger partial charge in [0, 0.05) is 6.04 Å². The average molecular weight is 465 g/mol. The van der Waals surface area contributed by atoms with E-state index in [1.807, 2.05) is 44.2 Å². The number of aryl methyl sites for hydroxylation is 2. The number of hydrogen-bond donors (Lipinski definition) is 2. The number of carbonyl (C=O) groups excluding carboxylic acids is 2. The van der Waals surface area contributed by atoms with E-state index in [9.17, 15) is 14.4 Å². The number of para-hydroxylation sites is 1. The van der Waals surface area contributed by atoms with E-state index in [1.165, 1.54) is 6.42 Å². The van der Waals surface area contributed by atoms with Crippen LogP contribution in [0, 0.1) is 13.8 Å². The fourth-order valence-corrected chi connectivity index (χ4v) is 5.04. The summed E-state index contributed by atoms with van der Waals surface area (Å²) in [4.78, 5) is 42.7. The molecule has 2 aromatic carbocycles. The van der Waals surface area contributed by atoms with E-state index in [0.29, 0.717) is 16.1 Å². The van der Waals surface area contributed by atoms with Gasteiger partial charge < -0.3 is 5.32 Å². The maximum Gasteiger partial charge on any atom is 0.321 e. The molecule has 1 fully saturated rings. The molecule has 0 aliphatic heterocycles. The van der Waals surface area contributed by atoms with Crippen molar-refractivity contribution < 1.29 is 9.59 Å². The number of benzene rings is 2. The number of thioether (sulfide) groups is 1. The van der Waals surface area contributed by atoms with Gasteiger partial charge in [-0.25, -0.2) is 9.78 Å². The summed E-state index contributed by atoms with van der Waals surface area (Å²) in [5, 5.41) is 6.21. The number of fused-ring (bicyclic) bond motifs is 1. The van der Waals surface area contributed by atoms with Crippen molar-refractivity contribution >= 4 is 34.6 Å². The van der Waals surface area contributed by atoms with Crippen molar-refractivity contribution in [2.24, 2.45) is 0 Å². The van der Waals surface area contributed by atoms with Gasteiger partial charge in [0.1, 0.15) is 0 Å². The maximum atomic E-state index is 13.4. The van der Waals surface area contributed by atoms with Crippen LogP contribution in [0.3, 0.4) is 0 Å². The average Bonchev–Trinajstić information content (AvgIpc) is 2.79. The van der Waals surface area contributed by atoms with Crippen LogP contribution < -0.4 is 16.2 Å². The zero-order valence-corrected chi connectivity index (χ0v) is 19.7. The smallest absolute Gasteiger partial charge is 0.321 e. The number of imide groups is 1. The lowest BCUT2D eigenvalue weighted by Gasteiger charge is -2.22. The predicted octanol–water partition coefficient (Wildman–Crippen LogP) is 4.25. The molecule has 0 unspecified atom stereocenters. The number of rotatable bonds is 5. The van der Waals surface area contributed by atoms with Crippen molar-refractivity contribution in [2.75, 3.05) is 5.75 Å². The number of nitrogens with one attached hydrogen (secondary N) is 2. The van der Waals surface area contributed by atoms with Crippen LogP contribution in [-0.2, 0) is 4.79 Å². The monoisotopic (exact) mass is 464 g/mol. The first-order valence-electron chi connectivity index (χ1n) is 11.2. The minimum Gasteiger partial charge on any atom is -0.335 e. The molecule has 8 heteroatoms. The Hall–Kier alpha value is -3.13. The molecule has 3 aromatic rings. The summed E-state index contributed by atoms with van der Waals surface area (Å²) in [6.07, 6.45) is 5.27. The summed E-state index contributed by atoms with van der Waals surface area (Å²) in [5.41, 5.74) is 3.14. The summed E-state index contributed by atoms with van der Waals surface area (Å²) in [6.45, 7) is 3.94. The minimum absolute atomic E-state index is 0.0340. The second-order valence-electron chi connectivity index (χ2n) is 8.49. The van der Waals surface area contributed by atoms with E-state index in [4.69, 9.17) is 0 Å². The lowest BCUT2D eigenvalue weighted by atomic mass is 9.96. The predicted molar refractivity (Wildman–Crippen MR) is 131 cm³/mol. The van der Waals surface area contributed by atoms with Crippen LogP contribution >= 0.6 is 11.8 Å². The molecule has 1 saturated carbocycles. The van der Waals surface area contributed by atoms with Gasteiger partial charge in [0.15, 0.2) is 5.16 Å². The van der Waals surface area contributed by atoms with Crippen molar-refractivity contribution in [3.05, 3.63) is 63.9 Å². The Balaban J connectivity index is 1.56. The molecule has 33 heavy (non-hydrogen) atoms. The molecule has 3 amide bonds. The number of aromatic nitrogens is 2. The molecule has 0 bridgehead atoms. The van der Waals surface area contributed by atoms with Gasteiger partial charge in [0.25, 0.3) is 5.56 Å². The van der Waals surface area contributed by atoms with Gasteiger partial charge in [-0.3, -0.25) is 19.5 Å². The van der Waals surface area contributed by atoms with Crippen LogP contribution in [0.15, 0.2) is 52.4 Å². The Labute approximate surface area is 197 Å². The molecule has 172 valence electrons. The minimum atomic E-state index is -0.467. The highest BCUT2D eigenvalue weighted by Crippen LogP contribution is 2.24. The number of hydrogen-bond acceptors (Lipinski definition) is 5. The largest absolute Gasteiger partial charge is 0.335 e. The lowest BCUT2D eigenvalue weighted by Crippen LogP contribution is -2.45. The van der Waals surface area contributed by atoms with Crippen molar-refractivity contribution in [3.63, 3.8) is 0 Å². The summed E-state index contributed by atoms with van der Waals surface area (Å²) in [5.74, 6) is -0.462. The molecule has 0 spiro atoms. The van der Waals surface area contributed by atoms with Crippen LogP contribution in [0.1, 0.15) is 43.2 Å². The van der Waals surface area contributed by atoms with Gasteiger partial charge in [0.2, 0.25) is 5.91 Å². The molecular formula is C25H28N4O3S. The van der Waals surface area contributed by atoms with Crippen LogP contribution in [0.2, 0.25) is 0 Å². The van der Waals surface area contributed by atoms with Gasteiger partial charge in [-0.05, 0) is 50.5 Å². The number of nitrogens with zero attached hydrogens (tertiary/aromatic N) is 2. The number of amides is 3. The Morgan fingerprint density at radius 3 is 2.61 bits per heavy atom. The zero-order valence-electron chi connectivity index (χ0n) is 18.9. The van der Waals surface area contributed by atoms with E-state index in [-0.39, 0.29) is 17.4 Å². The Kier molecular flexibility index (Phi) is 7.13. The van der Waals surface area contributed by atoms with Gasteiger partial charge >= 0.3 is 6.03 Å². The van der Waals surface area contributed by atoms with E-state index >= 15 is 0 Å². The standard InChI is InChI=1S/C25H28N4O3S/c1-16-12-13-21(17(2)14-16)29-23(31)19-10-6-7-11-20(19)27-25(29)33-15-22(30)28-24(32)26-18-8-4-3-5-9-18/h6-7,10-14,18H,3-5,8-9,15H2,1-2H3,(H2,26,28,30,32). The third kappa shape index (κ3) is 5.45. The molecule has 2 N–H and O–H groups in total. The zero-order chi connectivity index (χ0) is 23.4. The fourth-order valence-electron chi connectivity index (χ4n) is 4.24. The molecule has 1 aliphatic rings. The quantitative estimate of drug-likeness (QED) is 0.435. The van der Waals surface area contributed by atoms with Crippen molar-refractivity contribution in [1.29, 1.82) is 0 Å². The highest BCUT2D eigenvalue weighted by atomic mass is 32.2. The highest BCUT2D eigenvalue weighted by molar-refractivity contribution is 7.99. The third-order valence-electron chi connectivity index (χ3n) is 5.86.